The zero-order valence-corrected chi connectivity index (χ0v) is 11.3. The first kappa shape index (κ1) is 13.5. The van der Waals surface area contributed by atoms with E-state index in [4.69, 9.17) is 16.3 Å². The standard InChI is InChI=1S/C14H15ClN2O2/c1-2-19-14-6-3-10(15)7-13(14)17-8-11-4-5-12(18)9-16-11/h3-7,9,17-18H,2,8H2,1H3. The number of aromatic nitrogens is 1. The summed E-state index contributed by atoms with van der Waals surface area (Å²) in [6.45, 7) is 3.05. The minimum atomic E-state index is 0.154. The molecule has 0 atom stereocenters. The third kappa shape index (κ3) is 3.76. The van der Waals surface area contributed by atoms with E-state index in [-0.39, 0.29) is 5.75 Å². The number of pyridine rings is 1. The number of aromatic hydroxyl groups is 1. The molecule has 0 aliphatic carbocycles. The Morgan fingerprint density at radius 3 is 2.84 bits per heavy atom. The molecule has 1 heterocycles. The van der Waals surface area contributed by atoms with Gasteiger partial charge in [-0.05, 0) is 37.3 Å². The van der Waals surface area contributed by atoms with Crippen molar-refractivity contribution in [3.63, 3.8) is 0 Å². The maximum Gasteiger partial charge on any atom is 0.142 e. The van der Waals surface area contributed by atoms with E-state index in [0.717, 1.165) is 17.1 Å². The van der Waals surface area contributed by atoms with Gasteiger partial charge in [-0.1, -0.05) is 11.6 Å². The van der Waals surface area contributed by atoms with Crippen LogP contribution in [0, 0.1) is 0 Å². The number of ether oxygens (including phenoxy) is 1. The van der Waals surface area contributed by atoms with Crippen LogP contribution in [-0.2, 0) is 6.54 Å². The highest BCUT2D eigenvalue weighted by Crippen LogP contribution is 2.28. The van der Waals surface area contributed by atoms with Gasteiger partial charge in [-0.25, -0.2) is 0 Å². The summed E-state index contributed by atoms with van der Waals surface area (Å²) >= 11 is 5.98. The molecule has 2 rings (SSSR count). The SMILES string of the molecule is CCOc1ccc(Cl)cc1NCc1ccc(O)cn1. The van der Waals surface area contributed by atoms with Gasteiger partial charge < -0.3 is 15.2 Å². The molecule has 19 heavy (non-hydrogen) atoms. The summed E-state index contributed by atoms with van der Waals surface area (Å²) < 4.78 is 5.52. The minimum Gasteiger partial charge on any atom is -0.506 e. The van der Waals surface area contributed by atoms with E-state index < -0.39 is 0 Å². The van der Waals surface area contributed by atoms with Gasteiger partial charge in [-0.15, -0.1) is 0 Å². The molecular formula is C14H15ClN2O2. The molecule has 1 aromatic heterocycles. The molecule has 0 aliphatic heterocycles. The van der Waals surface area contributed by atoms with Crippen molar-refractivity contribution in [1.29, 1.82) is 0 Å². The molecule has 0 aliphatic rings. The molecule has 0 spiro atoms. The lowest BCUT2D eigenvalue weighted by molar-refractivity contribution is 0.341. The molecule has 0 radical (unpaired) electrons. The quantitative estimate of drug-likeness (QED) is 0.879. The van der Waals surface area contributed by atoms with Crippen molar-refractivity contribution in [3.05, 3.63) is 47.2 Å². The zero-order valence-electron chi connectivity index (χ0n) is 10.6. The molecule has 0 bridgehead atoms. The largest absolute Gasteiger partial charge is 0.506 e. The minimum absolute atomic E-state index is 0.154. The molecule has 2 aromatic rings. The van der Waals surface area contributed by atoms with E-state index in [1.807, 2.05) is 19.1 Å². The fourth-order valence-corrected chi connectivity index (χ4v) is 1.80. The van der Waals surface area contributed by atoms with Crippen molar-refractivity contribution >= 4 is 17.3 Å². The van der Waals surface area contributed by atoms with Gasteiger partial charge in [-0.3, -0.25) is 4.98 Å². The Hall–Kier alpha value is -1.94. The zero-order chi connectivity index (χ0) is 13.7. The topological polar surface area (TPSA) is 54.4 Å². The molecule has 0 fully saturated rings. The number of rotatable bonds is 5. The van der Waals surface area contributed by atoms with Crippen molar-refractivity contribution in [2.45, 2.75) is 13.5 Å². The molecule has 4 nitrogen and oxygen atoms in total. The lowest BCUT2D eigenvalue weighted by Gasteiger charge is -2.12. The van der Waals surface area contributed by atoms with Crippen molar-refractivity contribution < 1.29 is 9.84 Å². The van der Waals surface area contributed by atoms with Crippen molar-refractivity contribution in [2.24, 2.45) is 0 Å². The fourth-order valence-electron chi connectivity index (χ4n) is 1.63. The van der Waals surface area contributed by atoms with E-state index in [1.54, 1.807) is 18.2 Å². The highest BCUT2D eigenvalue weighted by Gasteiger charge is 2.04. The average Bonchev–Trinajstić information content (AvgIpc) is 2.41. The molecule has 0 unspecified atom stereocenters. The van der Waals surface area contributed by atoms with Gasteiger partial charge in [0.1, 0.15) is 11.5 Å². The Morgan fingerprint density at radius 1 is 1.32 bits per heavy atom. The van der Waals surface area contributed by atoms with Gasteiger partial charge in [0.2, 0.25) is 0 Å². The lowest BCUT2D eigenvalue weighted by atomic mass is 10.2. The normalized spacial score (nSPS) is 10.2. The Morgan fingerprint density at radius 2 is 2.16 bits per heavy atom. The Balaban J connectivity index is 2.09. The van der Waals surface area contributed by atoms with Crippen LogP contribution < -0.4 is 10.1 Å². The van der Waals surface area contributed by atoms with Crippen molar-refractivity contribution in [2.75, 3.05) is 11.9 Å². The molecule has 2 N–H and O–H groups in total. The van der Waals surface area contributed by atoms with Crippen LogP contribution in [0.2, 0.25) is 5.02 Å². The first-order chi connectivity index (χ1) is 9.19. The maximum atomic E-state index is 9.17. The number of benzene rings is 1. The second-order valence-corrected chi connectivity index (χ2v) is 4.37. The highest BCUT2D eigenvalue weighted by molar-refractivity contribution is 6.30. The summed E-state index contributed by atoms with van der Waals surface area (Å²) in [5, 5.41) is 13.0. The summed E-state index contributed by atoms with van der Waals surface area (Å²) in [6, 6.07) is 8.79. The second kappa shape index (κ2) is 6.29. The predicted molar refractivity (Wildman–Crippen MR) is 75.8 cm³/mol. The predicted octanol–water partition coefficient (Wildman–Crippen LogP) is 3.45. The summed E-state index contributed by atoms with van der Waals surface area (Å²) in [7, 11) is 0. The maximum absolute atomic E-state index is 9.17. The van der Waals surface area contributed by atoms with E-state index >= 15 is 0 Å². The van der Waals surface area contributed by atoms with Crippen LogP contribution in [0.1, 0.15) is 12.6 Å². The number of halogens is 1. The van der Waals surface area contributed by atoms with Gasteiger partial charge in [0.05, 0.1) is 30.7 Å². The van der Waals surface area contributed by atoms with Crippen LogP contribution in [0.4, 0.5) is 5.69 Å². The molecule has 0 amide bonds. The molecular weight excluding hydrogens is 264 g/mol. The highest BCUT2D eigenvalue weighted by atomic mass is 35.5. The van der Waals surface area contributed by atoms with Crippen LogP contribution in [-0.4, -0.2) is 16.7 Å². The van der Waals surface area contributed by atoms with Gasteiger partial charge in [-0.2, -0.15) is 0 Å². The molecule has 0 saturated heterocycles. The van der Waals surface area contributed by atoms with Crippen LogP contribution in [0.25, 0.3) is 0 Å². The van der Waals surface area contributed by atoms with E-state index in [0.29, 0.717) is 18.2 Å². The summed E-state index contributed by atoms with van der Waals surface area (Å²) in [5.41, 5.74) is 1.64. The van der Waals surface area contributed by atoms with Gasteiger partial charge >= 0.3 is 0 Å². The first-order valence-corrected chi connectivity index (χ1v) is 6.37. The summed E-state index contributed by atoms with van der Waals surface area (Å²) in [5.74, 6) is 0.909. The molecule has 5 heteroatoms. The third-order valence-electron chi connectivity index (χ3n) is 2.51. The Bertz CT molecular complexity index is 544. The first-order valence-electron chi connectivity index (χ1n) is 5.99. The van der Waals surface area contributed by atoms with Gasteiger partial charge in [0.15, 0.2) is 0 Å². The van der Waals surface area contributed by atoms with E-state index in [2.05, 4.69) is 10.3 Å². The summed E-state index contributed by atoms with van der Waals surface area (Å²) in [4.78, 5) is 4.11. The fraction of sp³-hybridized carbons (Fsp3) is 0.214. The van der Waals surface area contributed by atoms with Crippen LogP contribution in [0.15, 0.2) is 36.5 Å². The molecule has 0 saturated carbocycles. The average molecular weight is 279 g/mol. The van der Waals surface area contributed by atoms with Crippen LogP contribution in [0.3, 0.4) is 0 Å². The van der Waals surface area contributed by atoms with E-state index in [9.17, 15) is 5.11 Å². The van der Waals surface area contributed by atoms with Crippen LogP contribution >= 0.6 is 11.6 Å². The number of nitrogens with one attached hydrogen (secondary N) is 1. The lowest BCUT2D eigenvalue weighted by Crippen LogP contribution is -2.04. The van der Waals surface area contributed by atoms with Crippen molar-refractivity contribution in [3.8, 4) is 11.5 Å². The van der Waals surface area contributed by atoms with Gasteiger partial charge in [0, 0.05) is 5.02 Å². The molecule has 100 valence electrons. The smallest absolute Gasteiger partial charge is 0.142 e. The number of hydrogen-bond acceptors (Lipinski definition) is 4. The Kier molecular flexibility index (Phi) is 4.47. The van der Waals surface area contributed by atoms with Crippen LogP contribution in [0.5, 0.6) is 11.5 Å². The third-order valence-corrected chi connectivity index (χ3v) is 2.75. The number of nitrogens with zero attached hydrogens (tertiary/aromatic N) is 1. The van der Waals surface area contributed by atoms with E-state index in [1.165, 1.54) is 6.20 Å². The molecule has 1 aromatic carbocycles. The number of hydrogen-bond donors (Lipinski definition) is 2. The number of anilines is 1. The second-order valence-electron chi connectivity index (χ2n) is 3.93. The Labute approximate surface area is 117 Å². The monoisotopic (exact) mass is 278 g/mol. The van der Waals surface area contributed by atoms with Gasteiger partial charge in [0.25, 0.3) is 0 Å². The summed E-state index contributed by atoms with van der Waals surface area (Å²) in [6.07, 6.45) is 1.42. The van der Waals surface area contributed by atoms with Crippen molar-refractivity contribution in [1.82, 2.24) is 4.98 Å².